The van der Waals surface area contributed by atoms with Gasteiger partial charge in [-0.2, -0.15) is 0 Å². The van der Waals surface area contributed by atoms with Gasteiger partial charge in [0.2, 0.25) is 0 Å². The minimum atomic E-state index is 0.0160. The van der Waals surface area contributed by atoms with Gasteiger partial charge < -0.3 is 4.74 Å². The van der Waals surface area contributed by atoms with Gasteiger partial charge in [-0.25, -0.2) is 9.97 Å². The Morgan fingerprint density at radius 1 is 0.512 bits per heavy atom. The van der Waals surface area contributed by atoms with Crippen molar-refractivity contribution in [3.8, 4) is 45.3 Å². The molecule has 0 radical (unpaired) electrons. The molecule has 1 aliphatic carbocycles. The van der Waals surface area contributed by atoms with E-state index in [2.05, 4.69) is 109 Å². The molecule has 3 heteroatoms. The minimum Gasteiger partial charge on any atom is -0.457 e. The zero-order valence-electron chi connectivity index (χ0n) is 22.9. The van der Waals surface area contributed by atoms with Gasteiger partial charge in [-0.05, 0) is 54.3 Å². The van der Waals surface area contributed by atoms with Gasteiger partial charge in [0.25, 0.3) is 0 Å². The lowest BCUT2D eigenvalue weighted by Crippen LogP contribution is -2.33. The van der Waals surface area contributed by atoms with Crippen LogP contribution in [0.2, 0.25) is 0 Å². The molecule has 1 spiro atoms. The van der Waals surface area contributed by atoms with Gasteiger partial charge in [-0.3, -0.25) is 0 Å². The lowest BCUT2D eigenvalue weighted by molar-refractivity contribution is 0.306. The number of hydrogen-bond donors (Lipinski definition) is 0. The van der Waals surface area contributed by atoms with E-state index in [1.165, 1.54) is 36.0 Å². The first-order chi connectivity index (χ1) is 20.3. The summed E-state index contributed by atoms with van der Waals surface area (Å²) in [7, 11) is 0. The van der Waals surface area contributed by atoms with Gasteiger partial charge in [0.05, 0.1) is 11.2 Å². The zero-order valence-corrected chi connectivity index (χ0v) is 22.9. The number of hydrogen-bond acceptors (Lipinski definition) is 3. The van der Waals surface area contributed by atoms with Gasteiger partial charge in [-0.15, -0.1) is 0 Å². The van der Waals surface area contributed by atoms with Crippen molar-refractivity contribution in [3.63, 3.8) is 0 Å². The lowest BCUT2D eigenvalue weighted by Gasteiger charge is -2.43. The highest BCUT2D eigenvalue weighted by molar-refractivity contribution is 5.93. The number of aromatic nitrogens is 2. The van der Waals surface area contributed by atoms with Crippen LogP contribution in [-0.2, 0) is 5.41 Å². The molecule has 1 saturated carbocycles. The first kappa shape index (κ1) is 24.1. The fourth-order valence-electron chi connectivity index (χ4n) is 6.94. The van der Waals surface area contributed by atoms with Crippen molar-refractivity contribution >= 4 is 10.9 Å². The predicted octanol–water partition coefficient (Wildman–Crippen LogP) is 9.99. The maximum atomic E-state index is 6.46. The second-order valence-corrected chi connectivity index (χ2v) is 11.3. The number of ether oxygens (including phenoxy) is 1. The summed E-state index contributed by atoms with van der Waals surface area (Å²) >= 11 is 0. The Bertz CT molecular complexity index is 1900. The molecule has 0 unspecified atom stereocenters. The highest BCUT2D eigenvalue weighted by Crippen LogP contribution is 2.55. The van der Waals surface area contributed by atoms with E-state index in [1.807, 2.05) is 12.1 Å². The molecule has 2 heterocycles. The quantitative estimate of drug-likeness (QED) is 0.228. The van der Waals surface area contributed by atoms with Crippen LogP contribution in [0.15, 0.2) is 121 Å². The number of nitrogens with zero attached hydrogens (tertiary/aromatic N) is 2. The largest absolute Gasteiger partial charge is 0.457 e. The lowest BCUT2D eigenvalue weighted by atomic mass is 9.63. The Balaban J connectivity index is 1.24. The molecule has 0 N–H and O–H groups in total. The minimum absolute atomic E-state index is 0.0160. The summed E-state index contributed by atoms with van der Waals surface area (Å²) in [5.74, 6) is 2.75. The topological polar surface area (TPSA) is 35.0 Å². The SMILES string of the molecule is c1ccc(-c2nc(-c3cccc(-c4ccc5c(c4)C4(CCCCC4)c4ccccc4O5)c3)nc3ccccc23)cc1. The third-order valence-corrected chi connectivity index (χ3v) is 8.93. The summed E-state index contributed by atoms with van der Waals surface area (Å²) in [4.78, 5) is 10.1. The zero-order chi connectivity index (χ0) is 27.2. The van der Waals surface area contributed by atoms with Crippen LogP contribution in [0.5, 0.6) is 11.5 Å². The van der Waals surface area contributed by atoms with Crippen molar-refractivity contribution in [2.75, 3.05) is 0 Å². The first-order valence-corrected chi connectivity index (χ1v) is 14.6. The maximum absolute atomic E-state index is 6.46. The summed E-state index contributed by atoms with van der Waals surface area (Å²) in [6.07, 6.45) is 6.12. The van der Waals surface area contributed by atoms with Crippen molar-refractivity contribution in [1.29, 1.82) is 0 Å². The van der Waals surface area contributed by atoms with Crippen LogP contribution in [-0.4, -0.2) is 9.97 Å². The molecule has 0 atom stereocenters. The van der Waals surface area contributed by atoms with Crippen LogP contribution in [0.3, 0.4) is 0 Å². The molecule has 0 bridgehead atoms. The van der Waals surface area contributed by atoms with E-state index >= 15 is 0 Å². The Morgan fingerprint density at radius 2 is 1.22 bits per heavy atom. The summed E-state index contributed by atoms with van der Waals surface area (Å²) in [5.41, 5.74) is 9.06. The van der Waals surface area contributed by atoms with Crippen LogP contribution in [0.4, 0.5) is 0 Å². The van der Waals surface area contributed by atoms with Crippen molar-refractivity contribution in [2.24, 2.45) is 0 Å². The monoisotopic (exact) mass is 530 g/mol. The molecule has 41 heavy (non-hydrogen) atoms. The molecule has 8 rings (SSSR count). The van der Waals surface area contributed by atoms with E-state index in [0.29, 0.717) is 0 Å². The predicted molar refractivity (Wildman–Crippen MR) is 166 cm³/mol. The normalized spacial score (nSPS) is 15.2. The van der Waals surface area contributed by atoms with Crippen molar-refractivity contribution in [3.05, 3.63) is 132 Å². The van der Waals surface area contributed by atoms with Gasteiger partial charge in [-0.1, -0.05) is 110 Å². The first-order valence-electron chi connectivity index (χ1n) is 14.6. The van der Waals surface area contributed by atoms with E-state index < -0.39 is 0 Å². The standard InChI is InChI=1S/C38H30N2O/c1-3-12-26(13-4-1)36-30-16-5-7-18-33(30)39-37(40-36)29-15-11-14-27(24-29)28-20-21-35-32(25-28)38(22-9-2-10-23-38)31-17-6-8-19-34(31)41-35/h1,3-8,11-21,24-25H,2,9-10,22-23H2. The molecule has 3 nitrogen and oxygen atoms in total. The summed E-state index contributed by atoms with van der Waals surface area (Å²) in [6.45, 7) is 0. The summed E-state index contributed by atoms with van der Waals surface area (Å²) < 4.78 is 6.46. The highest BCUT2D eigenvalue weighted by Gasteiger charge is 2.42. The summed E-state index contributed by atoms with van der Waals surface area (Å²) in [5, 5.41) is 1.06. The van der Waals surface area contributed by atoms with Gasteiger partial charge >= 0.3 is 0 Å². The fraction of sp³-hybridized carbons (Fsp3) is 0.158. The number of rotatable bonds is 3. The van der Waals surface area contributed by atoms with Gasteiger partial charge in [0.15, 0.2) is 5.82 Å². The molecule has 5 aromatic carbocycles. The third-order valence-electron chi connectivity index (χ3n) is 8.93. The third kappa shape index (κ3) is 4.03. The van der Waals surface area contributed by atoms with Crippen LogP contribution >= 0.6 is 0 Å². The fourth-order valence-corrected chi connectivity index (χ4v) is 6.94. The molecule has 1 fully saturated rings. The Morgan fingerprint density at radius 3 is 2.12 bits per heavy atom. The van der Waals surface area contributed by atoms with Crippen molar-refractivity contribution in [2.45, 2.75) is 37.5 Å². The van der Waals surface area contributed by atoms with Crippen LogP contribution in [0, 0.1) is 0 Å². The number of fused-ring (bicyclic) bond motifs is 5. The molecule has 0 amide bonds. The van der Waals surface area contributed by atoms with Crippen molar-refractivity contribution in [1.82, 2.24) is 9.97 Å². The van der Waals surface area contributed by atoms with E-state index in [-0.39, 0.29) is 5.41 Å². The van der Waals surface area contributed by atoms with E-state index in [0.717, 1.165) is 63.5 Å². The Hall–Kier alpha value is -4.76. The molecule has 1 aromatic heterocycles. The average Bonchev–Trinajstić information content (AvgIpc) is 3.05. The molecular formula is C38H30N2O. The molecule has 0 saturated heterocycles. The van der Waals surface area contributed by atoms with Crippen LogP contribution in [0.1, 0.15) is 43.2 Å². The van der Waals surface area contributed by atoms with E-state index in [9.17, 15) is 0 Å². The smallest absolute Gasteiger partial charge is 0.160 e. The second-order valence-electron chi connectivity index (χ2n) is 11.3. The second kappa shape index (κ2) is 9.71. The molecule has 198 valence electrons. The number of para-hydroxylation sites is 2. The Kier molecular flexibility index (Phi) is 5.70. The van der Waals surface area contributed by atoms with Crippen LogP contribution in [0.25, 0.3) is 44.7 Å². The van der Waals surface area contributed by atoms with Gasteiger partial charge in [0.1, 0.15) is 11.5 Å². The number of benzene rings is 5. The van der Waals surface area contributed by atoms with Crippen molar-refractivity contribution < 1.29 is 4.74 Å². The highest BCUT2D eigenvalue weighted by atomic mass is 16.5. The molecular weight excluding hydrogens is 500 g/mol. The Labute approximate surface area is 240 Å². The maximum Gasteiger partial charge on any atom is 0.160 e. The molecule has 1 aliphatic heterocycles. The van der Waals surface area contributed by atoms with Gasteiger partial charge in [0, 0.05) is 33.1 Å². The summed E-state index contributed by atoms with van der Waals surface area (Å²) in [6, 6.07) is 42.7. The molecule has 2 aliphatic rings. The average molecular weight is 531 g/mol. The van der Waals surface area contributed by atoms with E-state index in [1.54, 1.807) is 0 Å². The van der Waals surface area contributed by atoms with E-state index in [4.69, 9.17) is 14.7 Å². The molecule has 6 aromatic rings. The van der Waals surface area contributed by atoms with Crippen LogP contribution < -0.4 is 4.74 Å².